The molecule has 0 fully saturated rings. The Kier molecular flexibility index (Phi) is 4.54. The Morgan fingerprint density at radius 3 is 2.89 bits per heavy atom. The highest BCUT2D eigenvalue weighted by molar-refractivity contribution is 7.99. The Labute approximate surface area is 119 Å². The van der Waals surface area contributed by atoms with Crippen molar-refractivity contribution < 1.29 is 9.21 Å². The number of nitrogens with one attached hydrogen (secondary N) is 1. The normalized spacial score (nSPS) is 10.9. The second-order valence-corrected chi connectivity index (χ2v) is 5.98. The molecular weight excluding hydrogens is 284 g/mol. The molecule has 0 radical (unpaired) electrons. The van der Waals surface area contributed by atoms with Crippen molar-refractivity contribution in [1.82, 2.24) is 15.2 Å². The first-order chi connectivity index (χ1) is 9.04. The maximum atomic E-state index is 11.7. The van der Waals surface area contributed by atoms with Gasteiger partial charge >= 0.3 is 0 Å². The van der Waals surface area contributed by atoms with E-state index in [-0.39, 0.29) is 17.6 Å². The molecule has 8 heteroatoms. The molecule has 102 valence electrons. The summed E-state index contributed by atoms with van der Waals surface area (Å²) in [6.07, 6.45) is 0. The lowest BCUT2D eigenvalue weighted by molar-refractivity contribution is -0.113. The van der Waals surface area contributed by atoms with E-state index in [9.17, 15) is 4.79 Å². The molecule has 19 heavy (non-hydrogen) atoms. The van der Waals surface area contributed by atoms with Gasteiger partial charge in [0.2, 0.25) is 11.8 Å². The van der Waals surface area contributed by atoms with Crippen LogP contribution in [0.5, 0.6) is 0 Å². The van der Waals surface area contributed by atoms with Gasteiger partial charge in [0.05, 0.1) is 11.4 Å². The quantitative estimate of drug-likeness (QED) is 0.855. The topological polar surface area (TPSA) is 80.9 Å². The number of amides is 1. The Balaban J connectivity index is 1.82. The molecule has 6 nitrogen and oxygen atoms in total. The molecule has 0 saturated heterocycles. The zero-order valence-corrected chi connectivity index (χ0v) is 12.5. The molecule has 0 aliphatic heterocycles. The molecule has 2 aromatic heterocycles. The predicted octanol–water partition coefficient (Wildman–Crippen LogP) is 2.69. The Hall–Kier alpha value is -1.41. The fraction of sp³-hybridized carbons (Fsp3) is 0.455. The molecule has 0 aromatic carbocycles. The second-order valence-electron chi connectivity index (χ2n) is 4.19. The first-order valence-corrected chi connectivity index (χ1v) is 7.59. The van der Waals surface area contributed by atoms with E-state index in [0.717, 1.165) is 5.69 Å². The minimum absolute atomic E-state index is 0.136. The minimum Gasteiger partial charge on any atom is -0.416 e. The SMILES string of the molecule is Cc1csc(NC(=O)CSc2nnc(C(C)C)o2)n1. The van der Waals surface area contributed by atoms with Crippen LogP contribution in [-0.4, -0.2) is 26.8 Å². The highest BCUT2D eigenvalue weighted by Crippen LogP contribution is 2.21. The molecule has 0 aliphatic rings. The monoisotopic (exact) mass is 298 g/mol. The van der Waals surface area contributed by atoms with Crippen LogP contribution in [0.1, 0.15) is 31.4 Å². The number of carbonyl (C=O) groups is 1. The molecule has 1 amide bonds. The van der Waals surface area contributed by atoms with Gasteiger partial charge in [0, 0.05) is 11.3 Å². The molecule has 0 aliphatic carbocycles. The third-order valence-electron chi connectivity index (χ3n) is 2.11. The van der Waals surface area contributed by atoms with Crippen LogP contribution >= 0.6 is 23.1 Å². The third-order valence-corrected chi connectivity index (χ3v) is 3.80. The zero-order chi connectivity index (χ0) is 13.8. The van der Waals surface area contributed by atoms with Crippen LogP contribution in [-0.2, 0) is 4.79 Å². The second kappa shape index (κ2) is 6.16. The average Bonchev–Trinajstić information content (AvgIpc) is 2.96. The molecule has 0 unspecified atom stereocenters. The van der Waals surface area contributed by atoms with Gasteiger partial charge < -0.3 is 9.73 Å². The standard InChI is InChI=1S/C11H14N4O2S2/c1-6(2)9-14-15-11(17-9)19-5-8(16)13-10-12-7(3)4-18-10/h4,6H,5H2,1-3H3,(H,12,13,16). The summed E-state index contributed by atoms with van der Waals surface area (Å²) < 4.78 is 5.40. The van der Waals surface area contributed by atoms with Crippen LogP contribution in [0, 0.1) is 6.92 Å². The molecule has 2 rings (SSSR count). The van der Waals surface area contributed by atoms with Gasteiger partial charge in [-0.1, -0.05) is 25.6 Å². The van der Waals surface area contributed by atoms with Crippen molar-refractivity contribution in [3.8, 4) is 0 Å². The first-order valence-electron chi connectivity index (χ1n) is 5.73. The van der Waals surface area contributed by atoms with Gasteiger partial charge in [-0.05, 0) is 6.92 Å². The largest absolute Gasteiger partial charge is 0.416 e. The summed E-state index contributed by atoms with van der Waals surface area (Å²) in [6, 6.07) is 0. The van der Waals surface area contributed by atoms with Gasteiger partial charge in [-0.3, -0.25) is 4.79 Å². The number of nitrogens with zero attached hydrogens (tertiary/aromatic N) is 3. The molecule has 1 N–H and O–H groups in total. The maximum Gasteiger partial charge on any atom is 0.277 e. The average molecular weight is 298 g/mol. The van der Waals surface area contributed by atoms with Crippen LogP contribution in [0.4, 0.5) is 5.13 Å². The molecular formula is C11H14N4O2S2. The molecule has 0 saturated carbocycles. The number of hydrogen-bond acceptors (Lipinski definition) is 7. The third kappa shape index (κ3) is 4.03. The van der Waals surface area contributed by atoms with Crippen molar-refractivity contribution in [2.24, 2.45) is 0 Å². The van der Waals surface area contributed by atoms with E-state index < -0.39 is 0 Å². The van der Waals surface area contributed by atoms with E-state index in [1.165, 1.54) is 23.1 Å². The number of aromatic nitrogens is 3. The fourth-order valence-electron chi connectivity index (χ4n) is 1.21. The molecule has 2 heterocycles. The van der Waals surface area contributed by atoms with Crippen molar-refractivity contribution in [2.45, 2.75) is 31.9 Å². The van der Waals surface area contributed by atoms with Gasteiger partial charge in [-0.15, -0.1) is 21.5 Å². The Morgan fingerprint density at radius 1 is 1.53 bits per heavy atom. The number of hydrogen-bond donors (Lipinski definition) is 1. The van der Waals surface area contributed by atoms with E-state index in [2.05, 4.69) is 20.5 Å². The number of aryl methyl sites for hydroxylation is 1. The van der Waals surface area contributed by atoms with Gasteiger partial charge in [0.25, 0.3) is 5.22 Å². The lowest BCUT2D eigenvalue weighted by Gasteiger charge is -1.99. The summed E-state index contributed by atoms with van der Waals surface area (Å²) in [5.74, 6) is 0.856. The summed E-state index contributed by atoms with van der Waals surface area (Å²) >= 11 is 2.62. The summed E-state index contributed by atoms with van der Waals surface area (Å²) in [5, 5.41) is 13.4. The van der Waals surface area contributed by atoms with E-state index in [0.29, 0.717) is 16.2 Å². The van der Waals surface area contributed by atoms with Crippen molar-refractivity contribution in [3.05, 3.63) is 17.0 Å². The lowest BCUT2D eigenvalue weighted by atomic mass is 10.2. The number of carbonyl (C=O) groups excluding carboxylic acids is 1. The smallest absolute Gasteiger partial charge is 0.277 e. The highest BCUT2D eigenvalue weighted by atomic mass is 32.2. The molecule has 2 aromatic rings. The van der Waals surface area contributed by atoms with E-state index in [4.69, 9.17) is 4.42 Å². The van der Waals surface area contributed by atoms with Crippen LogP contribution < -0.4 is 5.32 Å². The number of rotatable bonds is 5. The molecule has 0 atom stereocenters. The highest BCUT2D eigenvalue weighted by Gasteiger charge is 2.12. The Bertz CT molecular complexity index is 565. The summed E-state index contributed by atoms with van der Waals surface area (Å²) in [5.41, 5.74) is 0.895. The van der Waals surface area contributed by atoms with Crippen molar-refractivity contribution in [1.29, 1.82) is 0 Å². The summed E-state index contributed by atoms with van der Waals surface area (Å²) in [7, 11) is 0. The summed E-state index contributed by atoms with van der Waals surface area (Å²) in [6.45, 7) is 5.83. The van der Waals surface area contributed by atoms with Crippen molar-refractivity contribution in [3.63, 3.8) is 0 Å². The van der Waals surface area contributed by atoms with Crippen molar-refractivity contribution >= 4 is 34.1 Å². The molecule has 0 bridgehead atoms. The number of anilines is 1. The van der Waals surface area contributed by atoms with E-state index in [1.54, 1.807) is 0 Å². The van der Waals surface area contributed by atoms with E-state index >= 15 is 0 Å². The van der Waals surface area contributed by atoms with Crippen LogP contribution in [0.15, 0.2) is 15.0 Å². The van der Waals surface area contributed by atoms with Crippen LogP contribution in [0.3, 0.4) is 0 Å². The van der Waals surface area contributed by atoms with Crippen molar-refractivity contribution in [2.75, 3.05) is 11.1 Å². The van der Waals surface area contributed by atoms with Gasteiger partial charge in [-0.25, -0.2) is 4.98 Å². The summed E-state index contributed by atoms with van der Waals surface area (Å²) in [4.78, 5) is 15.8. The van der Waals surface area contributed by atoms with Gasteiger partial charge in [-0.2, -0.15) is 0 Å². The van der Waals surface area contributed by atoms with Gasteiger partial charge in [0.1, 0.15) is 0 Å². The number of thioether (sulfide) groups is 1. The molecule has 0 spiro atoms. The van der Waals surface area contributed by atoms with Gasteiger partial charge in [0.15, 0.2) is 5.13 Å². The predicted molar refractivity (Wildman–Crippen MR) is 74.6 cm³/mol. The van der Waals surface area contributed by atoms with E-state index in [1.807, 2.05) is 26.2 Å². The fourth-order valence-corrected chi connectivity index (χ4v) is 2.48. The van der Waals surface area contributed by atoms with Crippen LogP contribution in [0.25, 0.3) is 0 Å². The first kappa shape index (κ1) is 14.0. The van der Waals surface area contributed by atoms with Crippen LogP contribution in [0.2, 0.25) is 0 Å². The maximum absolute atomic E-state index is 11.7. The number of thiazole rings is 1. The minimum atomic E-state index is -0.136. The zero-order valence-electron chi connectivity index (χ0n) is 10.8. The Morgan fingerprint density at radius 2 is 2.32 bits per heavy atom. The lowest BCUT2D eigenvalue weighted by Crippen LogP contribution is -2.13.